The van der Waals surface area contributed by atoms with Gasteiger partial charge < -0.3 is 15.5 Å². The van der Waals surface area contributed by atoms with Crippen molar-refractivity contribution in [2.24, 2.45) is 0 Å². The van der Waals surface area contributed by atoms with E-state index in [4.69, 9.17) is 0 Å². The van der Waals surface area contributed by atoms with E-state index in [2.05, 4.69) is 5.32 Å². The Morgan fingerprint density at radius 3 is 2.56 bits per heavy atom. The predicted octanol–water partition coefficient (Wildman–Crippen LogP) is 2.69. The maximum atomic E-state index is 9.74. The molecule has 16 heavy (non-hydrogen) atoms. The van der Waals surface area contributed by atoms with Gasteiger partial charge in [0.2, 0.25) is 0 Å². The molecule has 3 N–H and O–H groups in total. The number of nitrogens with one attached hydrogen (secondary N) is 1. The predicted molar refractivity (Wildman–Crippen MR) is 63.6 cm³/mol. The lowest BCUT2D eigenvalue weighted by Crippen LogP contribution is -2.28. The number of hydrogen-bond acceptors (Lipinski definition) is 3. The summed E-state index contributed by atoms with van der Waals surface area (Å²) in [5.41, 5.74) is 0.852. The monoisotopic (exact) mass is 221 g/mol. The second-order valence-electron chi connectivity index (χ2n) is 4.61. The normalized spacial score (nSPS) is 18.8. The molecule has 0 radical (unpaired) electrons. The fourth-order valence-electron chi connectivity index (χ4n) is 2.43. The van der Waals surface area contributed by atoms with Gasteiger partial charge in [0.15, 0.2) is 0 Å². The molecule has 0 bridgehead atoms. The summed E-state index contributed by atoms with van der Waals surface area (Å²) in [7, 11) is 0. The zero-order chi connectivity index (χ0) is 11.5. The standard InChI is InChI=1S/C13H19NO2/c1-9(14-10-4-2-3-5-10)12-7-6-11(15)8-13(12)16/h6-10,14-16H,2-5H2,1H3. The van der Waals surface area contributed by atoms with E-state index in [1.54, 1.807) is 12.1 Å². The lowest BCUT2D eigenvalue weighted by atomic mass is 10.1. The summed E-state index contributed by atoms with van der Waals surface area (Å²) < 4.78 is 0. The van der Waals surface area contributed by atoms with Crippen LogP contribution in [0.1, 0.15) is 44.2 Å². The minimum absolute atomic E-state index is 0.106. The summed E-state index contributed by atoms with van der Waals surface area (Å²) >= 11 is 0. The Hall–Kier alpha value is -1.22. The third-order valence-corrected chi connectivity index (χ3v) is 3.32. The van der Waals surface area contributed by atoms with Crippen molar-refractivity contribution in [2.45, 2.75) is 44.7 Å². The number of aromatic hydroxyl groups is 2. The molecule has 0 amide bonds. The van der Waals surface area contributed by atoms with Gasteiger partial charge in [0.1, 0.15) is 11.5 Å². The highest BCUT2D eigenvalue weighted by Crippen LogP contribution is 2.29. The van der Waals surface area contributed by atoms with Crippen molar-refractivity contribution in [1.29, 1.82) is 0 Å². The first kappa shape index (κ1) is 11.3. The molecule has 3 nitrogen and oxygen atoms in total. The van der Waals surface area contributed by atoms with Gasteiger partial charge >= 0.3 is 0 Å². The Labute approximate surface area is 96.1 Å². The van der Waals surface area contributed by atoms with Crippen LogP contribution in [0.15, 0.2) is 18.2 Å². The average molecular weight is 221 g/mol. The van der Waals surface area contributed by atoms with Crippen LogP contribution in [0.5, 0.6) is 11.5 Å². The summed E-state index contributed by atoms with van der Waals surface area (Å²) in [5, 5.41) is 22.5. The summed E-state index contributed by atoms with van der Waals surface area (Å²) in [6, 6.07) is 5.48. The topological polar surface area (TPSA) is 52.5 Å². The van der Waals surface area contributed by atoms with Crippen molar-refractivity contribution >= 4 is 0 Å². The van der Waals surface area contributed by atoms with Crippen molar-refractivity contribution in [3.63, 3.8) is 0 Å². The number of phenolic OH excluding ortho intramolecular Hbond substituents is 2. The van der Waals surface area contributed by atoms with Gasteiger partial charge in [0.05, 0.1) is 0 Å². The maximum absolute atomic E-state index is 9.74. The van der Waals surface area contributed by atoms with Crippen molar-refractivity contribution in [3.05, 3.63) is 23.8 Å². The third kappa shape index (κ3) is 2.47. The second kappa shape index (κ2) is 4.74. The first-order chi connectivity index (χ1) is 7.66. The Kier molecular flexibility index (Phi) is 3.34. The zero-order valence-electron chi connectivity index (χ0n) is 9.61. The molecule has 0 aromatic heterocycles. The third-order valence-electron chi connectivity index (χ3n) is 3.32. The lowest BCUT2D eigenvalue weighted by Gasteiger charge is -2.20. The Morgan fingerprint density at radius 1 is 1.25 bits per heavy atom. The van der Waals surface area contributed by atoms with Gasteiger partial charge in [-0.25, -0.2) is 0 Å². The Morgan fingerprint density at radius 2 is 1.94 bits per heavy atom. The SMILES string of the molecule is CC(NC1CCCC1)c1ccc(O)cc1O. The van der Waals surface area contributed by atoms with E-state index in [0.29, 0.717) is 6.04 Å². The van der Waals surface area contributed by atoms with Gasteiger partial charge in [-0.1, -0.05) is 18.9 Å². The molecule has 88 valence electrons. The first-order valence-corrected chi connectivity index (χ1v) is 5.95. The van der Waals surface area contributed by atoms with Crippen molar-refractivity contribution in [3.8, 4) is 11.5 Å². The number of phenols is 2. The van der Waals surface area contributed by atoms with E-state index in [1.165, 1.54) is 31.7 Å². The first-order valence-electron chi connectivity index (χ1n) is 5.95. The van der Waals surface area contributed by atoms with Crippen LogP contribution in [0.3, 0.4) is 0 Å². The summed E-state index contributed by atoms with van der Waals surface area (Å²) in [5.74, 6) is 0.271. The summed E-state index contributed by atoms with van der Waals surface area (Å²) in [6.45, 7) is 2.05. The van der Waals surface area contributed by atoms with E-state index in [0.717, 1.165) is 5.56 Å². The maximum Gasteiger partial charge on any atom is 0.124 e. The molecule has 0 saturated heterocycles. The smallest absolute Gasteiger partial charge is 0.124 e. The minimum Gasteiger partial charge on any atom is -0.508 e. The molecule has 1 atom stereocenters. The van der Waals surface area contributed by atoms with Crippen LogP contribution in [0, 0.1) is 0 Å². The molecule has 1 aromatic rings. The van der Waals surface area contributed by atoms with E-state index in [-0.39, 0.29) is 17.5 Å². The van der Waals surface area contributed by atoms with Crippen LogP contribution in [0.25, 0.3) is 0 Å². The second-order valence-corrected chi connectivity index (χ2v) is 4.61. The van der Waals surface area contributed by atoms with Crippen LogP contribution in [-0.2, 0) is 0 Å². The molecular formula is C13H19NO2. The van der Waals surface area contributed by atoms with Gasteiger partial charge in [-0.2, -0.15) is 0 Å². The summed E-state index contributed by atoms with van der Waals surface area (Å²) in [4.78, 5) is 0. The molecule has 1 saturated carbocycles. The fraction of sp³-hybridized carbons (Fsp3) is 0.538. The molecule has 0 aliphatic heterocycles. The molecular weight excluding hydrogens is 202 g/mol. The molecule has 0 spiro atoms. The molecule has 1 aromatic carbocycles. The van der Waals surface area contributed by atoms with Crippen LogP contribution in [-0.4, -0.2) is 16.3 Å². The van der Waals surface area contributed by atoms with Crippen LogP contribution >= 0.6 is 0 Å². The number of hydrogen-bond donors (Lipinski definition) is 3. The highest BCUT2D eigenvalue weighted by atomic mass is 16.3. The summed E-state index contributed by atoms with van der Waals surface area (Å²) in [6.07, 6.45) is 5.05. The van der Waals surface area contributed by atoms with Crippen molar-refractivity contribution in [2.75, 3.05) is 0 Å². The minimum atomic E-state index is 0.106. The highest BCUT2D eigenvalue weighted by Gasteiger charge is 2.19. The molecule has 0 heterocycles. The quantitative estimate of drug-likeness (QED) is 0.735. The average Bonchev–Trinajstić information content (AvgIpc) is 2.70. The van der Waals surface area contributed by atoms with Gasteiger partial charge in [0, 0.05) is 23.7 Å². The highest BCUT2D eigenvalue weighted by molar-refractivity contribution is 5.40. The van der Waals surface area contributed by atoms with Crippen LogP contribution in [0.2, 0.25) is 0 Å². The molecule has 1 aliphatic rings. The molecule has 1 fully saturated rings. The van der Waals surface area contributed by atoms with Gasteiger partial charge in [-0.3, -0.25) is 0 Å². The van der Waals surface area contributed by atoms with Gasteiger partial charge in [0.25, 0.3) is 0 Å². The van der Waals surface area contributed by atoms with Crippen molar-refractivity contribution in [1.82, 2.24) is 5.32 Å². The van der Waals surface area contributed by atoms with E-state index >= 15 is 0 Å². The molecule has 2 rings (SSSR count). The fourth-order valence-corrected chi connectivity index (χ4v) is 2.43. The van der Waals surface area contributed by atoms with Crippen molar-refractivity contribution < 1.29 is 10.2 Å². The molecule has 1 unspecified atom stereocenters. The molecule has 1 aliphatic carbocycles. The van der Waals surface area contributed by atoms with Crippen LogP contribution < -0.4 is 5.32 Å². The van der Waals surface area contributed by atoms with Gasteiger partial charge in [-0.05, 0) is 25.8 Å². The Bertz CT molecular complexity index is 359. The van der Waals surface area contributed by atoms with Gasteiger partial charge in [-0.15, -0.1) is 0 Å². The largest absolute Gasteiger partial charge is 0.508 e. The number of rotatable bonds is 3. The molecule has 3 heteroatoms. The van der Waals surface area contributed by atoms with Crippen LogP contribution in [0.4, 0.5) is 0 Å². The number of benzene rings is 1. The Balaban J connectivity index is 2.04. The zero-order valence-corrected chi connectivity index (χ0v) is 9.61. The lowest BCUT2D eigenvalue weighted by molar-refractivity contribution is 0.419. The van der Waals surface area contributed by atoms with E-state index < -0.39 is 0 Å². The van der Waals surface area contributed by atoms with E-state index in [1.807, 2.05) is 6.92 Å². The van der Waals surface area contributed by atoms with E-state index in [9.17, 15) is 10.2 Å².